The summed E-state index contributed by atoms with van der Waals surface area (Å²) in [6.45, 7) is 1.26. The summed E-state index contributed by atoms with van der Waals surface area (Å²) < 4.78 is 10.7. The Kier molecular flexibility index (Phi) is 3.20. The van der Waals surface area contributed by atoms with Gasteiger partial charge in [-0.25, -0.2) is 4.98 Å². The van der Waals surface area contributed by atoms with Crippen LogP contribution in [0.1, 0.15) is 6.42 Å². The van der Waals surface area contributed by atoms with Gasteiger partial charge in [0.15, 0.2) is 0 Å². The molecule has 0 spiro atoms. The summed E-state index contributed by atoms with van der Waals surface area (Å²) in [6, 6.07) is 3.05. The first kappa shape index (κ1) is 10.4. The quantitative estimate of drug-likeness (QED) is 0.620. The average Bonchev–Trinajstić information content (AvgIpc) is 2.71. The second kappa shape index (κ2) is 4.61. The summed E-state index contributed by atoms with van der Waals surface area (Å²) in [7, 11) is -1.49. The predicted octanol–water partition coefficient (Wildman–Crippen LogP) is -1.07. The summed E-state index contributed by atoms with van der Waals surface area (Å²) in [5.74, 6) is 0.399. The lowest BCUT2D eigenvalue weighted by Gasteiger charge is -2.11. The maximum atomic E-state index is 8.96. The number of rotatable bonds is 3. The van der Waals surface area contributed by atoms with Crippen molar-refractivity contribution in [2.24, 2.45) is 0 Å². The molecule has 1 saturated heterocycles. The fraction of sp³-hybridized carbons (Fsp3) is 0.444. The standard InChI is InChI=1S/C9H12BNO4/c12-10(13)7-1-3-11-9(5-7)15-8-2-4-14-6-8/h1,3,5,8,12-13H,2,4,6H2. The molecule has 0 radical (unpaired) electrons. The van der Waals surface area contributed by atoms with Gasteiger partial charge in [0.25, 0.3) is 0 Å². The van der Waals surface area contributed by atoms with Crippen LogP contribution in [-0.4, -0.2) is 41.5 Å². The van der Waals surface area contributed by atoms with Crippen molar-refractivity contribution in [3.8, 4) is 5.88 Å². The third-order valence-corrected chi connectivity index (χ3v) is 2.23. The first-order valence-corrected chi connectivity index (χ1v) is 4.82. The lowest BCUT2D eigenvalue weighted by atomic mass is 9.81. The molecular formula is C9H12BNO4. The van der Waals surface area contributed by atoms with E-state index in [9.17, 15) is 0 Å². The van der Waals surface area contributed by atoms with Gasteiger partial charge in [-0.05, 0) is 11.5 Å². The lowest BCUT2D eigenvalue weighted by Crippen LogP contribution is -2.30. The lowest BCUT2D eigenvalue weighted by molar-refractivity contribution is 0.138. The van der Waals surface area contributed by atoms with E-state index in [0.717, 1.165) is 6.42 Å². The molecule has 2 heterocycles. The minimum atomic E-state index is -1.49. The molecule has 0 aliphatic carbocycles. The van der Waals surface area contributed by atoms with E-state index in [1.807, 2.05) is 0 Å². The third kappa shape index (κ3) is 2.68. The summed E-state index contributed by atoms with van der Waals surface area (Å²) in [6.07, 6.45) is 2.34. The summed E-state index contributed by atoms with van der Waals surface area (Å²) >= 11 is 0. The van der Waals surface area contributed by atoms with Crippen molar-refractivity contribution in [1.82, 2.24) is 4.98 Å². The number of aromatic nitrogens is 1. The van der Waals surface area contributed by atoms with Gasteiger partial charge in [0, 0.05) is 18.7 Å². The Morgan fingerprint density at radius 3 is 3.07 bits per heavy atom. The largest absolute Gasteiger partial charge is 0.488 e. The Morgan fingerprint density at radius 2 is 2.40 bits per heavy atom. The van der Waals surface area contributed by atoms with Crippen LogP contribution in [0.5, 0.6) is 5.88 Å². The smallest absolute Gasteiger partial charge is 0.472 e. The fourth-order valence-electron chi connectivity index (χ4n) is 1.43. The first-order chi connectivity index (χ1) is 7.25. The van der Waals surface area contributed by atoms with Gasteiger partial charge in [0.2, 0.25) is 5.88 Å². The molecule has 1 fully saturated rings. The molecule has 15 heavy (non-hydrogen) atoms. The number of ether oxygens (including phenoxy) is 2. The van der Waals surface area contributed by atoms with Crippen LogP contribution >= 0.6 is 0 Å². The van der Waals surface area contributed by atoms with Crippen LogP contribution in [0.15, 0.2) is 18.3 Å². The molecule has 0 amide bonds. The first-order valence-electron chi connectivity index (χ1n) is 4.82. The molecule has 5 nitrogen and oxygen atoms in total. The third-order valence-electron chi connectivity index (χ3n) is 2.23. The molecule has 1 aromatic heterocycles. The van der Waals surface area contributed by atoms with Crippen molar-refractivity contribution < 1.29 is 19.5 Å². The van der Waals surface area contributed by atoms with Crippen molar-refractivity contribution in [3.63, 3.8) is 0 Å². The van der Waals surface area contributed by atoms with Gasteiger partial charge in [-0.15, -0.1) is 0 Å². The van der Waals surface area contributed by atoms with E-state index >= 15 is 0 Å². The van der Waals surface area contributed by atoms with Crippen molar-refractivity contribution in [3.05, 3.63) is 18.3 Å². The highest BCUT2D eigenvalue weighted by molar-refractivity contribution is 6.58. The van der Waals surface area contributed by atoms with Crippen LogP contribution < -0.4 is 10.2 Å². The predicted molar refractivity (Wildman–Crippen MR) is 53.9 cm³/mol. The van der Waals surface area contributed by atoms with Gasteiger partial charge < -0.3 is 19.5 Å². The van der Waals surface area contributed by atoms with Crippen molar-refractivity contribution in [2.45, 2.75) is 12.5 Å². The van der Waals surface area contributed by atoms with Gasteiger partial charge in [-0.3, -0.25) is 0 Å². The van der Waals surface area contributed by atoms with Crippen molar-refractivity contribution >= 4 is 12.6 Å². The molecule has 1 aliphatic heterocycles. The van der Waals surface area contributed by atoms with E-state index in [4.69, 9.17) is 19.5 Å². The highest BCUT2D eigenvalue weighted by Gasteiger charge is 2.19. The van der Waals surface area contributed by atoms with E-state index in [1.165, 1.54) is 18.3 Å². The monoisotopic (exact) mass is 209 g/mol. The maximum absolute atomic E-state index is 8.96. The Morgan fingerprint density at radius 1 is 1.53 bits per heavy atom. The van der Waals surface area contributed by atoms with Gasteiger partial charge in [0.05, 0.1) is 13.2 Å². The Balaban J connectivity index is 2.04. The molecule has 0 aromatic carbocycles. The zero-order chi connectivity index (χ0) is 10.7. The Bertz CT molecular complexity index is 328. The zero-order valence-corrected chi connectivity index (χ0v) is 8.17. The minimum Gasteiger partial charge on any atom is -0.472 e. The highest BCUT2D eigenvalue weighted by atomic mass is 16.5. The Labute approximate surface area is 87.8 Å². The zero-order valence-electron chi connectivity index (χ0n) is 8.17. The van der Waals surface area contributed by atoms with Gasteiger partial charge in [0.1, 0.15) is 6.10 Å². The molecule has 1 aliphatic rings. The second-order valence-electron chi connectivity index (χ2n) is 3.40. The maximum Gasteiger partial charge on any atom is 0.488 e. The van der Waals surface area contributed by atoms with E-state index in [0.29, 0.717) is 24.6 Å². The molecule has 0 saturated carbocycles. The molecule has 1 atom stereocenters. The van der Waals surface area contributed by atoms with Crippen LogP contribution in [0.2, 0.25) is 0 Å². The second-order valence-corrected chi connectivity index (χ2v) is 3.40. The van der Waals surface area contributed by atoms with Gasteiger partial charge >= 0.3 is 7.12 Å². The van der Waals surface area contributed by atoms with E-state index < -0.39 is 7.12 Å². The summed E-state index contributed by atoms with van der Waals surface area (Å²) in [5.41, 5.74) is 0.374. The van der Waals surface area contributed by atoms with Crippen LogP contribution in [0.4, 0.5) is 0 Å². The van der Waals surface area contributed by atoms with Crippen LogP contribution in [-0.2, 0) is 4.74 Å². The van der Waals surface area contributed by atoms with E-state index in [-0.39, 0.29) is 6.10 Å². The average molecular weight is 209 g/mol. The number of hydrogen-bond donors (Lipinski definition) is 2. The molecule has 1 unspecified atom stereocenters. The molecule has 80 valence electrons. The summed E-state index contributed by atoms with van der Waals surface area (Å²) in [4.78, 5) is 3.99. The number of pyridine rings is 1. The molecule has 1 aromatic rings. The van der Waals surface area contributed by atoms with Crippen LogP contribution in [0, 0.1) is 0 Å². The van der Waals surface area contributed by atoms with Crippen LogP contribution in [0.3, 0.4) is 0 Å². The molecule has 2 N–H and O–H groups in total. The highest BCUT2D eigenvalue weighted by Crippen LogP contribution is 2.12. The summed E-state index contributed by atoms with van der Waals surface area (Å²) in [5, 5.41) is 17.9. The van der Waals surface area contributed by atoms with E-state index in [2.05, 4.69) is 4.98 Å². The van der Waals surface area contributed by atoms with Crippen molar-refractivity contribution in [2.75, 3.05) is 13.2 Å². The topological polar surface area (TPSA) is 71.8 Å². The van der Waals surface area contributed by atoms with Gasteiger partial charge in [-0.2, -0.15) is 0 Å². The minimum absolute atomic E-state index is 0.0172. The van der Waals surface area contributed by atoms with Crippen LogP contribution in [0.25, 0.3) is 0 Å². The van der Waals surface area contributed by atoms with E-state index in [1.54, 1.807) is 0 Å². The van der Waals surface area contributed by atoms with Gasteiger partial charge in [-0.1, -0.05) is 0 Å². The molecule has 0 bridgehead atoms. The molecule has 2 rings (SSSR count). The Hall–Kier alpha value is -1.11. The number of hydrogen-bond acceptors (Lipinski definition) is 5. The van der Waals surface area contributed by atoms with Crippen molar-refractivity contribution in [1.29, 1.82) is 0 Å². The SMILES string of the molecule is OB(O)c1ccnc(OC2CCOC2)c1. The normalized spacial score (nSPS) is 20.3. The molecular weight excluding hydrogens is 197 g/mol. The number of nitrogens with zero attached hydrogens (tertiary/aromatic N) is 1. The fourth-order valence-corrected chi connectivity index (χ4v) is 1.43. The molecule has 6 heteroatoms.